The zero-order valence-electron chi connectivity index (χ0n) is 9.41. The van der Waals surface area contributed by atoms with Crippen LogP contribution in [-0.4, -0.2) is 12.1 Å². The van der Waals surface area contributed by atoms with E-state index < -0.39 is 6.03 Å². The van der Waals surface area contributed by atoms with Crippen molar-refractivity contribution >= 4 is 11.7 Å². The van der Waals surface area contributed by atoms with Crippen LogP contribution in [0.1, 0.15) is 25.7 Å². The summed E-state index contributed by atoms with van der Waals surface area (Å²) in [5, 5.41) is 2.55. The number of hydrogen-bond acceptors (Lipinski definition) is 2. The molecule has 0 unspecified atom stereocenters. The topological polar surface area (TPSA) is 50.4 Å². The maximum atomic E-state index is 12.6. The second-order valence-corrected chi connectivity index (χ2v) is 4.09. The van der Waals surface area contributed by atoms with Crippen LogP contribution >= 0.6 is 0 Å². The van der Waals surface area contributed by atoms with E-state index in [1.54, 1.807) is 0 Å². The molecule has 92 valence electrons. The molecule has 1 saturated carbocycles. The highest BCUT2D eigenvalue weighted by Crippen LogP contribution is 2.19. The van der Waals surface area contributed by atoms with Gasteiger partial charge >= 0.3 is 6.03 Å². The molecule has 1 aliphatic rings. The van der Waals surface area contributed by atoms with Crippen molar-refractivity contribution < 1.29 is 14.0 Å². The van der Waals surface area contributed by atoms with Gasteiger partial charge in [-0.25, -0.2) is 14.7 Å². The van der Waals surface area contributed by atoms with Crippen LogP contribution in [0, 0.1) is 5.82 Å². The average Bonchev–Trinajstić information content (AvgIpc) is 2.83. The minimum absolute atomic E-state index is 0.119. The second-order valence-electron chi connectivity index (χ2n) is 4.09. The number of hydrogen-bond donors (Lipinski definition) is 2. The van der Waals surface area contributed by atoms with Crippen molar-refractivity contribution in [2.24, 2.45) is 0 Å². The zero-order valence-corrected chi connectivity index (χ0v) is 9.41. The van der Waals surface area contributed by atoms with Gasteiger partial charge in [-0.2, -0.15) is 0 Å². The number of rotatable bonds is 3. The largest absolute Gasteiger partial charge is 0.343 e. The summed E-state index contributed by atoms with van der Waals surface area (Å²) in [6.45, 7) is 0. The van der Waals surface area contributed by atoms with Gasteiger partial charge in [-0.1, -0.05) is 12.8 Å². The van der Waals surface area contributed by atoms with Gasteiger partial charge in [0.1, 0.15) is 5.82 Å². The number of carbonyl (C=O) groups is 1. The van der Waals surface area contributed by atoms with Gasteiger partial charge in [0.2, 0.25) is 0 Å². The molecule has 0 atom stereocenters. The smallest absolute Gasteiger partial charge is 0.306 e. The molecule has 5 heteroatoms. The van der Waals surface area contributed by atoms with Crippen molar-refractivity contribution in [1.82, 2.24) is 5.48 Å². The fourth-order valence-corrected chi connectivity index (χ4v) is 1.83. The van der Waals surface area contributed by atoms with Gasteiger partial charge in [0.05, 0.1) is 6.10 Å². The molecule has 17 heavy (non-hydrogen) atoms. The van der Waals surface area contributed by atoms with Crippen LogP contribution < -0.4 is 10.8 Å². The molecule has 1 aromatic rings. The van der Waals surface area contributed by atoms with Crippen molar-refractivity contribution in [2.45, 2.75) is 31.8 Å². The van der Waals surface area contributed by atoms with E-state index in [1.807, 2.05) is 0 Å². The number of amides is 2. The summed E-state index contributed by atoms with van der Waals surface area (Å²) in [7, 11) is 0. The molecule has 2 N–H and O–H groups in total. The van der Waals surface area contributed by atoms with E-state index in [1.165, 1.54) is 24.3 Å². The molecule has 4 nitrogen and oxygen atoms in total. The Kier molecular flexibility index (Phi) is 3.93. The molecule has 1 fully saturated rings. The van der Waals surface area contributed by atoms with Crippen LogP contribution in [0.25, 0.3) is 0 Å². The molecule has 0 aromatic heterocycles. The van der Waals surface area contributed by atoms with Crippen LogP contribution in [0.15, 0.2) is 24.3 Å². The highest BCUT2D eigenvalue weighted by atomic mass is 19.1. The first-order valence-corrected chi connectivity index (χ1v) is 5.72. The Bertz CT molecular complexity index is 375. The lowest BCUT2D eigenvalue weighted by atomic mass is 10.3. The number of hydroxylamine groups is 1. The Labute approximate surface area is 99.1 Å². The predicted molar refractivity (Wildman–Crippen MR) is 61.9 cm³/mol. The Morgan fingerprint density at radius 2 is 1.88 bits per heavy atom. The van der Waals surface area contributed by atoms with Crippen molar-refractivity contribution in [3.05, 3.63) is 30.1 Å². The molecule has 0 heterocycles. The van der Waals surface area contributed by atoms with Gasteiger partial charge in [0.25, 0.3) is 0 Å². The highest BCUT2D eigenvalue weighted by Gasteiger charge is 2.16. The Morgan fingerprint density at radius 3 is 2.53 bits per heavy atom. The van der Waals surface area contributed by atoms with Gasteiger partial charge in [0.15, 0.2) is 0 Å². The second kappa shape index (κ2) is 5.63. The van der Waals surface area contributed by atoms with E-state index in [0.29, 0.717) is 5.69 Å². The van der Waals surface area contributed by atoms with Crippen LogP contribution in [-0.2, 0) is 4.84 Å². The molecule has 0 aliphatic heterocycles. The van der Waals surface area contributed by atoms with E-state index in [2.05, 4.69) is 10.8 Å². The van der Waals surface area contributed by atoms with Crippen LogP contribution in [0.4, 0.5) is 14.9 Å². The molecule has 0 bridgehead atoms. The highest BCUT2D eigenvalue weighted by molar-refractivity contribution is 5.88. The fourth-order valence-electron chi connectivity index (χ4n) is 1.83. The standard InChI is InChI=1S/C12H15FN2O2/c13-9-5-7-10(8-6-9)14-12(16)15-17-11-3-1-2-4-11/h5-8,11H,1-4H2,(H2,14,15,16). The maximum Gasteiger partial charge on any atom is 0.343 e. The third-order valence-corrected chi connectivity index (χ3v) is 2.72. The Balaban J connectivity index is 1.74. The molecular formula is C12H15FN2O2. The van der Waals surface area contributed by atoms with Crippen LogP contribution in [0.3, 0.4) is 0 Å². The SMILES string of the molecule is O=C(NOC1CCCC1)Nc1ccc(F)cc1. The maximum absolute atomic E-state index is 12.6. The molecule has 0 spiro atoms. The first-order valence-electron chi connectivity index (χ1n) is 5.72. The molecular weight excluding hydrogens is 223 g/mol. The van der Waals surface area contributed by atoms with E-state index in [4.69, 9.17) is 4.84 Å². The van der Waals surface area contributed by atoms with Gasteiger partial charge in [-0.3, -0.25) is 4.84 Å². The van der Waals surface area contributed by atoms with Crippen molar-refractivity contribution in [1.29, 1.82) is 0 Å². The molecule has 1 aliphatic carbocycles. The van der Waals surface area contributed by atoms with Crippen LogP contribution in [0.2, 0.25) is 0 Å². The third kappa shape index (κ3) is 3.71. The van der Waals surface area contributed by atoms with Crippen molar-refractivity contribution in [2.75, 3.05) is 5.32 Å². The number of nitrogens with one attached hydrogen (secondary N) is 2. The summed E-state index contributed by atoms with van der Waals surface area (Å²) in [6.07, 6.45) is 4.37. The molecule has 0 radical (unpaired) electrons. The number of urea groups is 1. The number of benzene rings is 1. The first-order chi connectivity index (χ1) is 8.24. The van der Waals surface area contributed by atoms with E-state index in [0.717, 1.165) is 25.7 Å². The number of halogens is 1. The average molecular weight is 238 g/mol. The van der Waals surface area contributed by atoms with Crippen molar-refractivity contribution in [3.8, 4) is 0 Å². The van der Waals surface area contributed by atoms with Gasteiger partial charge in [0, 0.05) is 5.69 Å². The normalized spacial score (nSPS) is 15.8. The summed E-state index contributed by atoms with van der Waals surface area (Å²) in [4.78, 5) is 16.6. The first kappa shape index (κ1) is 11.9. The lowest BCUT2D eigenvalue weighted by Crippen LogP contribution is -2.32. The quantitative estimate of drug-likeness (QED) is 0.795. The monoisotopic (exact) mass is 238 g/mol. The molecule has 0 saturated heterocycles. The van der Waals surface area contributed by atoms with Crippen LogP contribution in [0.5, 0.6) is 0 Å². The summed E-state index contributed by atoms with van der Waals surface area (Å²) in [5.74, 6) is -0.335. The zero-order chi connectivity index (χ0) is 12.1. The number of anilines is 1. The van der Waals surface area contributed by atoms with E-state index >= 15 is 0 Å². The number of carbonyl (C=O) groups excluding carboxylic acids is 1. The van der Waals surface area contributed by atoms with Gasteiger partial charge in [-0.05, 0) is 37.1 Å². The molecule has 2 amide bonds. The molecule has 1 aromatic carbocycles. The third-order valence-electron chi connectivity index (χ3n) is 2.72. The van der Waals surface area contributed by atoms with E-state index in [-0.39, 0.29) is 11.9 Å². The summed E-state index contributed by atoms with van der Waals surface area (Å²) in [5.41, 5.74) is 2.87. The van der Waals surface area contributed by atoms with Crippen molar-refractivity contribution in [3.63, 3.8) is 0 Å². The summed E-state index contributed by atoms with van der Waals surface area (Å²) in [6, 6.07) is 5.11. The van der Waals surface area contributed by atoms with Gasteiger partial charge in [-0.15, -0.1) is 0 Å². The minimum Gasteiger partial charge on any atom is -0.306 e. The summed E-state index contributed by atoms with van der Waals surface area (Å²) >= 11 is 0. The lowest BCUT2D eigenvalue weighted by Gasteiger charge is -2.12. The fraction of sp³-hybridized carbons (Fsp3) is 0.417. The minimum atomic E-state index is -0.441. The molecule has 2 rings (SSSR count). The van der Waals surface area contributed by atoms with E-state index in [9.17, 15) is 9.18 Å². The van der Waals surface area contributed by atoms with Gasteiger partial charge < -0.3 is 5.32 Å². The Hall–Kier alpha value is -1.62. The lowest BCUT2D eigenvalue weighted by molar-refractivity contribution is 0.00336. The Morgan fingerprint density at radius 1 is 1.24 bits per heavy atom. The summed E-state index contributed by atoms with van der Waals surface area (Å²) < 4.78 is 12.6. The predicted octanol–water partition coefficient (Wildman–Crippen LogP) is 2.82.